The van der Waals surface area contributed by atoms with E-state index >= 15 is 0 Å². The highest BCUT2D eigenvalue weighted by molar-refractivity contribution is 5.18. The molecule has 2 unspecified atom stereocenters. The van der Waals surface area contributed by atoms with Gasteiger partial charge in [-0.25, -0.2) is 4.98 Å². The molecule has 1 aliphatic carbocycles. The maximum absolute atomic E-state index is 4.44. The van der Waals surface area contributed by atoms with Crippen LogP contribution in [0.2, 0.25) is 0 Å². The molecular weight excluding hydrogens is 222 g/mol. The van der Waals surface area contributed by atoms with Crippen LogP contribution < -0.4 is 5.32 Å². The maximum atomic E-state index is 4.44. The van der Waals surface area contributed by atoms with Crippen LogP contribution in [0.25, 0.3) is 0 Å². The van der Waals surface area contributed by atoms with Crippen LogP contribution in [0.5, 0.6) is 0 Å². The molecule has 0 amide bonds. The molecule has 100 valence electrons. The van der Waals surface area contributed by atoms with Gasteiger partial charge in [-0.3, -0.25) is 0 Å². The summed E-state index contributed by atoms with van der Waals surface area (Å²) >= 11 is 0. The van der Waals surface area contributed by atoms with Gasteiger partial charge < -0.3 is 9.88 Å². The third-order valence-electron chi connectivity index (χ3n) is 4.82. The SMILES string of the molecule is CCC(CC1CC1)n1cncc1C1(C)CCNC1. The molecule has 2 fully saturated rings. The van der Waals surface area contributed by atoms with Crippen molar-refractivity contribution in [3.8, 4) is 0 Å². The normalized spacial score (nSPS) is 29.7. The van der Waals surface area contributed by atoms with Gasteiger partial charge in [0.1, 0.15) is 0 Å². The molecule has 0 bridgehead atoms. The molecule has 2 aliphatic rings. The van der Waals surface area contributed by atoms with E-state index in [0.29, 0.717) is 6.04 Å². The van der Waals surface area contributed by atoms with E-state index in [9.17, 15) is 0 Å². The molecule has 2 heterocycles. The molecule has 2 atom stereocenters. The lowest BCUT2D eigenvalue weighted by Crippen LogP contribution is -2.29. The average Bonchev–Trinajstić information content (AvgIpc) is 2.88. The standard InChI is InChI=1S/C15H25N3/c1-3-13(8-12-4-5-12)18-11-17-9-14(18)15(2)6-7-16-10-15/h9,11-13,16H,3-8,10H2,1-2H3. The predicted octanol–water partition coefficient (Wildman–Crippen LogP) is 2.89. The van der Waals surface area contributed by atoms with Gasteiger partial charge in [0.05, 0.1) is 6.33 Å². The Labute approximate surface area is 110 Å². The van der Waals surface area contributed by atoms with Crippen LogP contribution in [0, 0.1) is 5.92 Å². The lowest BCUT2D eigenvalue weighted by Gasteiger charge is -2.28. The Morgan fingerprint density at radius 2 is 2.39 bits per heavy atom. The van der Waals surface area contributed by atoms with Gasteiger partial charge in [0.25, 0.3) is 0 Å². The summed E-state index contributed by atoms with van der Waals surface area (Å²) in [5.41, 5.74) is 1.73. The second kappa shape index (κ2) is 4.69. The Balaban J connectivity index is 1.84. The van der Waals surface area contributed by atoms with Gasteiger partial charge in [-0.2, -0.15) is 0 Å². The van der Waals surface area contributed by atoms with Crippen molar-refractivity contribution >= 4 is 0 Å². The second-order valence-electron chi connectivity index (χ2n) is 6.41. The van der Waals surface area contributed by atoms with Crippen LogP contribution in [0.3, 0.4) is 0 Å². The van der Waals surface area contributed by atoms with Gasteiger partial charge >= 0.3 is 0 Å². The first-order valence-electron chi connectivity index (χ1n) is 7.46. The molecule has 1 aliphatic heterocycles. The fourth-order valence-corrected chi connectivity index (χ4v) is 3.31. The highest BCUT2D eigenvalue weighted by atomic mass is 15.1. The summed E-state index contributed by atoms with van der Waals surface area (Å²) in [6.07, 6.45) is 10.9. The summed E-state index contributed by atoms with van der Waals surface area (Å²) in [6, 6.07) is 0.660. The summed E-state index contributed by atoms with van der Waals surface area (Å²) in [4.78, 5) is 4.44. The molecule has 3 heteroatoms. The zero-order chi connectivity index (χ0) is 12.6. The molecule has 1 aromatic heterocycles. The van der Waals surface area contributed by atoms with Crippen molar-refractivity contribution in [2.45, 2.75) is 57.4 Å². The van der Waals surface area contributed by atoms with Crippen molar-refractivity contribution in [3.63, 3.8) is 0 Å². The largest absolute Gasteiger partial charge is 0.331 e. The van der Waals surface area contributed by atoms with Gasteiger partial charge in [-0.15, -0.1) is 0 Å². The van der Waals surface area contributed by atoms with Crippen molar-refractivity contribution in [2.75, 3.05) is 13.1 Å². The zero-order valence-electron chi connectivity index (χ0n) is 11.7. The lowest BCUT2D eigenvalue weighted by molar-refractivity contribution is 0.382. The first-order valence-corrected chi connectivity index (χ1v) is 7.46. The Kier molecular flexibility index (Phi) is 3.18. The minimum atomic E-state index is 0.285. The Hall–Kier alpha value is -0.830. The van der Waals surface area contributed by atoms with E-state index in [1.165, 1.54) is 37.8 Å². The van der Waals surface area contributed by atoms with Gasteiger partial charge in [0.15, 0.2) is 0 Å². The van der Waals surface area contributed by atoms with Gasteiger partial charge in [0, 0.05) is 29.9 Å². The summed E-state index contributed by atoms with van der Waals surface area (Å²) in [7, 11) is 0. The molecule has 3 nitrogen and oxygen atoms in total. The van der Waals surface area contributed by atoms with E-state index in [2.05, 4.69) is 41.2 Å². The minimum Gasteiger partial charge on any atom is -0.331 e. The number of hydrogen-bond donors (Lipinski definition) is 1. The molecule has 0 radical (unpaired) electrons. The maximum Gasteiger partial charge on any atom is 0.0950 e. The summed E-state index contributed by atoms with van der Waals surface area (Å²) < 4.78 is 2.48. The van der Waals surface area contributed by atoms with Crippen molar-refractivity contribution in [1.82, 2.24) is 14.9 Å². The Morgan fingerprint density at radius 3 is 3.00 bits per heavy atom. The van der Waals surface area contributed by atoms with E-state index in [4.69, 9.17) is 0 Å². The second-order valence-corrected chi connectivity index (χ2v) is 6.41. The van der Waals surface area contributed by atoms with E-state index in [-0.39, 0.29) is 5.41 Å². The number of hydrogen-bond acceptors (Lipinski definition) is 2. The molecular formula is C15H25N3. The zero-order valence-corrected chi connectivity index (χ0v) is 11.7. The molecule has 1 aromatic rings. The van der Waals surface area contributed by atoms with Crippen LogP contribution in [0.4, 0.5) is 0 Å². The smallest absolute Gasteiger partial charge is 0.0950 e. The summed E-state index contributed by atoms with van der Waals surface area (Å²) in [5.74, 6) is 0.986. The average molecular weight is 247 g/mol. The summed E-state index contributed by atoms with van der Waals surface area (Å²) in [6.45, 7) is 6.93. The number of imidazole rings is 1. The molecule has 1 saturated heterocycles. The fourth-order valence-electron chi connectivity index (χ4n) is 3.31. The van der Waals surface area contributed by atoms with E-state index in [1.807, 2.05) is 0 Å². The van der Waals surface area contributed by atoms with Crippen molar-refractivity contribution < 1.29 is 0 Å². The molecule has 0 aromatic carbocycles. The van der Waals surface area contributed by atoms with Crippen molar-refractivity contribution in [1.29, 1.82) is 0 Å². The number of nitrogens with one attached hydrogen (secondary N) is 1. The lowest BCUT2D eigenvalue weighted by atomic mass is 9.85. The topological polar surface area (TPSA) is 29.9 Å². The van der Waals surface area contributed by atoms with Gasteiger partial charge in [-0.1, -0.05) is 26.7 Å². The predicted molar refractivity (Wildman–Crippen MR) is 73.7 cm³/mol. The van der Waals surface area contributed by atoms with Crippen molar-refractivity contribution in [2.24, 2.45) is 5.92 Å². The third kappa shape index (κ3) is 2.20. The molecule has 0 spiro atoms. The van der Waals surface area contributed by atoms with E-state index < -0.39 is 0 Å². The first kappa shape index (κ1) is 12.2. The fraction of sp³-hybridized carbons (Fsp3) is 0.800. The number of aromatic nitrogens is 2. The van der Waals surface area contributed by atoms with E-state index in [0.717, 1.165) is 19.0 Å². The van der Waals surface area contributed by atoms with E-state index in [1.54, 1.807) is 0 Å². The number of nitrogens with zero attached hydrogens (tertiary/aromatic N) is 2. The van der Waals surface area contributed by atoms with Crippen molar-refractivity contribution in [3.05, 3.63) is 18.2 Å². The molecule has 1 N–H and O–H groups in total. The van der Waals surface area contributed by atoms with Crippen LogP contribution in [0.1, 0.15) is 57.7 Å². The quantitative estimate of drug-likeness (QED) is 0.867. The van der Waals surface area contributed by atoms with Gasteiger partial charge in [0.2, 0.25) is 0 Å². The van der Waals surface area contributed by atoms with Crippen LogP contribution in [-0.2, 0) is 5.41 Å². The highest BCUT2D eigenvalue weighted by Crippen LogP contribution is 2.40. The molecule has 3 rings (SSSR count). The first-order chi connectivity index (χ1) is 8.73. The van der Waals surface area contributed by atoms with Crippen LogP contribution in [-0.4, -0.2) is 22.6 Å². The molecule has 1 saturated carbocycles. The molecule has 18 heavy (non-hydrogen) atoms. The summed E-state index contributed by atoms with van der Waals surface area (Å²) in [5, 5.41) is 3.50. The Bertz CT molecular complexity index is 400. The van der Waals surface area contributed by atoms with Gasteiger partial charge in [-0.05, 0) is 31.7 Å². The minimum absolute atomic E-state index is 0.285. The highest BCUT2D eigenvalue weighted by Gasteiger charge is 2.35. The Morgan fingerprint density at radius 1 is 1.56 bits per heavy atom. The van der Waals surface area contributed by atoms with Crippen LogP contribution >= 0.6 is 0 Å². The third-order valence-corrected chi connectivity index (χ3v) is 4.82. The monoisotopic (exact) mass is 247 g/mol. The number of rotatable bonds is 5. The van der Waals surface area contributed by atoms with Crippen LogP contribution in [0.15, 0.2) is 12.5 Å².